The minimum absolute atomic E-state index is 0.0415. The molecule has 3 rings (SSSR count). The third kappa shape index (κ3) is 4.68. The molecule has 30 heavy (non-hydrogen) atoms. The normalized spacial score (nSPS) is 10.5. The number of esters is 1. The average Bonchev–Trinajstić information content (AvgIpc) is 3.37. The highest BCUT2D eigenvalue weighted by Crippen LogP contribution is 2.30. The number of benzene rings is 1. The number of hydrogen-bond donors (Lipinski definition) is 1. The summed E-state index contributed by atoms with van der Waals surface area (Å²) >= 11 is 2.20. The second-order valence-electron chi connectivity index (χ2n) is 5.67. The Bertz CT molecular complexity index is 1070. The molecule has 158 valence electrons. The van der Waals surface area contributed by atoms with Crippen molar-refractivity contribution in [2.75, 3.05) is 32.4 Å². The third-order valence-electron chi connectivity index (χ3n) is 3.80. The summed E-state index contributed by atoms with van der Waals surface area (Å²) in [5, 5.41) is 15.0. The Morgan fingerprint density at radius 3 is 2.67 bits per heavy atom. The molecule has 13 heteroatoms. The number of tetrazole rings is 1. The maximum Gasteiger partial charge on any atom is 0.350 e. The van der Waals surface area contributed by atoms with E-state index in [9.17, 15) is 9.59 Å². The summed E-state index contributed by atoms with van der Waals surface area (Å²) in [5.74, 6) is 0.341. The lowest BCUT2D eigenvalue weighted by molar-refractivity contribution is -0.113. The molecule has 0 fully saturated rings. The van der Waals surface area contributed by atoms with E-state index < -0.39 is 5.97 Å². The van der Waals surface area contributed by atoms with Crippen LogP contribution in [0.1, 0.15) is 15.4 Å². The quantitative estimate of drug-likeness (QED) is 0.401. The van der Waals surface area contributed by atoms with Gasteiger partial charge < -0.3 is 19.5 Å². The molecule has 0 radical (unpaired) electrons. The third-order valence-corrected chi connectivity index (χ3v) is 5.77. The summed E-state index contributed by atoms with van der Waals surface area (Å²) in [6.07, 6.45) is 0. The van der Waals surface area contributed by atoms with Crippen LogP contribution in [-0.2, 0) is 9.53 Å². The second kappa shape index (κ2) is 9.54. The molecule has 0 aliphatic carbocycles. The molecule has 2 aromatic heterocycles. The molecule has 1 aromatic carbocycles. The van der Waals surface area contributed by atoms with Crippen molar-refractivity contribution >= 4 is 40.1 Å². The monoisotopic (exact) mass is 450 g/mol. The molecule has 2 heterocycles. The minimum atomic E-state index is -0.492. The van der Waals surface area contributed by atoms with Gasteiger partial charge in [-0.25, -0.2) is 9.78 Å². The van der Waals surface area contributed by atoms with E-state index in [2.05, 4.69) is 25.8 Å². The molecular formula is C17H18N6O5S2. The highest BCUT2D eigenvalue weighted by Gasteiger charge is 2.18. The number of carbonyl (C=O) groups excluding carboxylic acids is 2. The Morgan fingerprint density at radius 2 is 1.97 bits per heavy atom. The van der Waals surface area contributed by atoms with E-state index in [4.69, 9.17) is 14.2 Å². The summed E-state index contributed by atoms with van der Waals surface area (Å²) < 4.78 is 16.7. The number of anilines is 1. The van der Waals surface area contributed by atoms with Crippen molar-refractivity contribution in [3.8, 4) is 17.2 Å². The zero-order chi connectivity index (χ0) is 21.7. The van der Waals surface area contributed by atoms with Gasteiger partial charge in [0.2, 0.25) is 11.1 Å². The fourth-order valence-corrected chi connectivity index (χ4v) is 4.00. The summed E-state index contributed by atoms with van der Waals surface area (Å²) in [4.78, 5) is 28.5. The number of hydrogen-bond acceptors (Lipinski definition) is 11. The van der Waals surface area contributed by atoms with E-state index in [1.165, 1.54) is 18.9 Å². The number of nitrogens with zero attached hydrogens (tertiary/aromatic N) is 5. The highest BCUT2D eigenvalue weighted by atomic mass is 32.2. The van der Waals surface area contributed by atoms with E-state index in [0.29, 0.717) is 38.0 Å². The van der Waals surface area contributed by atoms with Gasteiger partial charge in [0.05, 0.1) is 38.5 Å². The van der Waals surface area contributed by atoms with Crippen LogP contribution in [0.5, 0.6) is 11.5 Å². The van der Waals surface area contributed by atoms with E-state index in [1.807, 2.05) is 0 Å². The number of methoxy groups -OCH3 is 3. The molecule has 0 saturated heterocycles. The number of ether oxygens (including phenoxy) is 3. The number of thiazole rings is 1. The van der Waals surface area contributed by atoms with Crippen molar-refractivity contribution in [3.63, 3.8) is 0 Å². The predicted molar refractivity (Wildman–Crippen MR) is 110 cm³/mol. The van der Waals surface area contributed by atoms with Crippen LogP contribution in [0.25, 0.3) is 5.69 Å². The van der Waals surface area contributed by atoms with Crippen molar-refractivity contribution in [2.45, 2.75) is 12.1 Å². The number of rotatable bonds is 8. The zero-order valence-electron chi connectivity index (χ0n) is 16.5. The number of aryl methyl sites for hydroxylation is 1. The first-order chi connectivity index (χ1) is 14.5. The van der Waals surface area contributed by atoms with Crippen LogP contribution in [0.2, 0.25) is 0 Å². The fraction of sp³-hybridized carbons (Fsp3) is 0.294. The Hall–Kier alpha value is -3.19. The zero-order valence-corrected chi connectivity index (χ0v) is 18.2. The number of aromatic nitrogens is 5. The Labute approximate surface area is 179 Å². The van der Waals surface area contributed by atoms with Gasteiger partial charge in [0.1, 0.15) is 4.88 Å². The molecule has 1 N–H and O–H groups in total. The lowest BCUT2D eigenvalue weighted by atomic mass is 10.3. The van der Waals surface area contributed by atoms with E-state index in [1.54, 1.807) is 32.2 Å². The summed E-state index contributed by atoms with van der Waals surface area (Å²) in [6.45, 7) is 1.67. The first-order valence-corrected chi connectivity index (χ1v) is 10.3. The van der Waals surface area contributed by atoms with Crippen molar-refractivity contribution in [1.29, 1.82) is 0 Å². The molecule has 11 nitrogen and oxygen atoms in total. The van der Waals surface area contributed by atoms with Gasteiger partial charge in [0, 0.05) is 6.07 Å². The number of amides is 1. The summed E-state index contributed by atoms with van der Waals surface area (Å²) in [5.41, 5.74) is 1.14. The minimum Gasteiger partial charge on any atom is -0.493 e. The smallest absolute Gasteiger partial charge is 0.350 e. The molecule has 0 saturated carbocycles. The number of nitrogens with one attached hydrogen (secondary N) is 1. The molecule has 0 atom stereocenters. The van der Waals surface area contributed by atoms with Crippen LogP contribution in [0.15, 0.2) is 23.4 Å². The number of thioether (sulfide) groups is 1. The molecule has 0 aliphatic heterocycles. The lowest BCUT2D eigenvalue weighted by Gasteiger charge is -2.10. The molecule has 1 amide bonds. The van der Waals surface area contributed by atoms with Crippen molar-refractivity contribution in [1.82, 2.24) is 25.2 Å². The van der Waals surface area contributed by atoms with Crippen LogP contribution in [-0.4, -0.2) is 64.1 Å². The fourth-order valence-electron chi connectivity index (χ4n) is 2.41. The molecule has 0 unspecified atom stereocenters. The van der Waals surface area contributed by atoms with Crippen LogP contribution in [0, 0.1) is 6.92 Å². The van der Waals surface area contributed by atoms with E-state index >= 15 is 0 Å². The van der Waals surface area contributed by atoms with Gasteiger partial charge >= 0.3 is 5.97 Å². The maximum atomic E-state index is 12.3. The molecule has 0 bridgehead atoms. The van der Waals surface area contributed by atoms with E-state index in [-0.39, 0.29) is 11.7 Å². The molecule has 0 aliphatic rings. The van der Waals surface area contributed by atoms with Crippen LogP contribution in [0.3, 0.4) is 0 Å². The van der Waals surface area contributed by atoms with Gasteiger partial charge in [-0.05, 0) is 29.5 Å². The van der Waals surface area contributed by atoms with Gasteiger partial charge in [-0.1, -0.05) is 23.1 Å². The summed E-state index contributed by atoms with van der Waals surface area (Å²) in [7, 11) is 4.37. The van der Waals surface area contributed by atoms with E-state index in [0.717, 1.165) is 23.1 Å². The number of carbonyl (C=O) groups is 2. The highest BCUT2D eigenvalue weighted by molar-refractivity contribution is 7.99. The molecule has 0 spiro atoms. The molecule has 3 aromatic rings. The van der Waals surface area contributed by atoms with Crippen molar-refractivity contribution < 1.29 is 23.8 Å². The first-order valence-electron chi connectivity index (χ1n) is 8.46. The largest absolute Gasteiger partial charge is 0.493 e. The first kappa shape index (κ1) is 21.5. The Morgan fingerprint density at radius 1 is 1.20 bits per heavy atom. The Kier molecular flexibility index (Phi) is 6.84. The van der Waals surface area contributed by atoms with Gasteiger partial charge in [-0.2, -0.15) is 4.68 Å². The van der Waals surface area contributed by atoms with Gasteiger partial charge in [-0.3, -0.25) is 4.79 Å². The van der Waals surface area contributed by atoms with Crippen molar-refractivity contribution in [2.24, 2.45) is 0 Å². The Balaban J connectivity index is 1.67. The van der Waals surface area contributed by atoms with Crippen LogP contribution < -0.4 is 14.8 Å². The maximum absolute atomic E-state index is 12.3. The SMILES string of the molecule is COC(=O)c1sc(NC(=O)CSc2nnnn2-c2ccc(OC)c(OC)c2)nc1C. The van der Waals surface area contributed by atoms with Crippen molar-refractivity contribution in [3.05, 3.63) is 28.8 Å². The molecular weight excluding hydrogens is 432 g/mol. The second-order valence-corrected chi connectivity index (χ2v) is 7.62. The standard InChI is InChI=1S/C17H18N6O5S2/c1-9-14(15(25)28-4)30-16(18-9)19-13(24)8-29-17-20-21-22-23(17)10-5-6-11(26-2)12(7-10)27-3/h5-7H,8H2,1-4H3,(H,18,19,24). The van der Waals surface area contributed by atoms with Gasteiger partial charge in [-0.15, -0.1) is 5.10 Å². The van der Waals surface area contributed by atoms with Gasteiger partial charge in [0.15, 0.2) is 16.6 Å². The average molecular weight is 451 g/mol. The van der Waals surface area contributed by atoms with Crippen LogP contribution >= 0.6 is 23.1 Å². The summed E-state index contributed by atoms with van der Waals surface area (Å²) in [6, 6.07) is 5.24. The van der Waals surface area contributed by atoms with Crippen LogP contribution in [0.4, 0.5) is 5.13 Å². The van der Waals surface area contributed by atoms with Gasteiger partial charge in [0.25, 0.3) is 0 Å². The topological polar surface area (TPSA) is 130 Å². The lowest BCUT2D eigenvalue weighted by Crippen LogP contribution is -2.14. The predicted octanol–water partition coefficient (Wildman–Crippen LogP) is 1.96.